The number of nitrogens with zero attached hydrogens (tertiary/aromatic N) is 2. The second kappa shape index (κ2) is 5.28. The smallest absolute Gasteiger partial charge is 0.359 e. The largest absolute Gasteiger partial charge is 0.497 e. The molecule has 0 radical (unpaired) electrons. The molecule has 0 spiro atoms. The van der Waals surface area contributed by atoms with Crippen molar-refractivity contribution in [1.82, 2.24) is 15.1 Å². The van der Waals surface area contributed by atoms with Crippen molar-refractivity contribution in [2.75, 3.05) is 26.7 Å². The van der Waals surface area contributed by atoms with Gasteiger partial charge in [-0.05, 0) is 44.0 Å². The minimum atomic E-state index is -0.338. The van der Waals surface area contributed by atoms with Gasteiger partial charge in [0.05, 0.1) is 12.6 Å². The molecule has 3 aliphatic rings. The highest BCUT2D eigenvalue weighted by atomic mass is 16.5. The Labute approximate surface area is 128 Å². The Balaban J connectivity index is 1.55. The fraction of sp³-hybridized carbons (Fsp3) is 0.500. The Morgan fingerprint density at radius 2 is 2.18 bits per heavy atom. The van der Waals surface area contributed by atoms with E-state index in [1.807, 2.05) is 18.2 Å². The Hall–Kier alpha value is -2.08. The summed E-state index contributed by atoms with van der Waals surface area (Å²) in [6, 6.07) is 5.49. The summed E-state index contributed by atoms with van der Waals surface area (Å²) in [6.07, 6.45) is 2.24. The number of nitrogens with one attached hydrogen (secondary N) is 1. The maximum atomic E-state index is 12.5. The number of hydrogen-bond donors (Lipinski definition) is 1. The van der Waals surface area contributed by atoms with Crippen LogP contribution in [-0.2, 0) is 4.74 Å². The number of rotatable bonds is 3. The van der Waals surface area contributed by atoms with E-state index in [1.165, 1.54) is 0 Å². The topological polar surface area (TPSA) is 67.5 Å². The Morgan fingerprint density at radius 1 is 1.36 bits per heavy atom. The highest BCUT2D eigenvalue weighted by molar-refractivity contribution is 6.02. The number of esters is 1. The molecule has 3 saturated heterocycles. The zero-order valence-electron chi connectivity index (χ0n) is 12.5. The Bertz CT molecular complexity index is 704. The van der Waals surface area contributed by atoms with Gasteiger partial charge in [0.25, 0.3) is 0 Å². The van der Waals surface area contributed by atoms with Gasteiger partial charge in [0.1, 0.15) is 11.9 Å². The molecular formula is C16H19N3O3. The maximum absolute atomic E-state index is 12.5. The van der Waals surface area contributed by atoms with Crippen molar-refractivity contribution in [3.63, 3.8) is 0 Å². The van der Waals surface area contributed by atoms with Crippen LogP contribution < -0.4 is 4.74 Å². The standard InChI is InChI=1S/C16H19N3O3/c1-21-11-2-3-12-13(8-11)17-18-15(12)16(20)22-14-9-19-6-4-10(14)5-7-19/h2-3,8,10,14H,4-7,9H2,1H3,(H,17,18)/t14-/m1/s1. The predicted molar refractivity (Wildman–Crippen MR) is 81.0 cm³/mol. The fourth-order valence-corrected chi connectivity index (χ4v) is 3.52. The number of fused-ring (bicyclic) bond motifs is 4. The summed E-state index contributed by atoms with van der Waals surface area (Å²) in [4.78, 5) is 14.8. The Kier molecular flexibility index (Phi) is 3.26. The first-order chi connectivity index (χ1) is 10.7. The van der Waals surface area contributed by atoms with Crippen LogP contribution in [0.25, 0.3) is 10.9 Å². The van der Waals surface area contributed by atoms with E-state index in [9.17, 15) is 4.79 Å². The maximum Gasteiger partial charge on any atom is 0.359 e. The van der Waals surface area contributed by atoms with Crippen LogP contribution in [0.15, 0.2) is 18.2 Å². The van der Waals surface area contributed by atoms with Crippen LogP contribution in [0.4, 0.5) is 0 Å². The molecule has 1 aromatic carbocycles. The number of aromatic nitrogens is 2. The molecule has 3 fully saturated rings. The number of ether oxygens (including phenoxy) is 2. The fourth-order valence-electron chi connectivity index (χ4n) is 3.52. The van der Waals surface area contributed by atoms with E-state index in [4.69, 9.17) is 9.47 Å². The normalized spacial score (nSPS) is 27.0. The quantitative estimate of drug-likeness (QED) is 0.876. The summed E-state index contributed by atoms with van der Waals surface area (Å²) >= 11 is 0. The van der Waals surface area contributed by atoms with Gasteiger partial charge < -0.3 is 9.47 Å². The zero-order valence-corrected chi connectivity index (χ0v) is 12.5. The summed E-state index contributed by atoms with van der Waals surface area (Å²) in [5.74, 6) is 0.892. The number of benzene rings is 1. The lowest BCUT2D eigenvalue weighted by Crippen LogP contribution is -2.51. The van der Waals surface area contributed by atoms with Crippen LogP contribution >= 0.6 is 0 Å². The number of carbonyl (C=O) groups is 1. The van der Waals surface area contributed by atoms with Gasteiger partial charge in [-0.15, -0.1) is 0 Å². The molecule has 116 valence electrons. The van der Waals surface area contributed by atoms with Gasteiger partial charge in [0.2, 0.25) is 0 Å². The van der Waals surface area contributed by atoms with Crippen LogP contribution in [0.3, 0.4) is 0 Å². The monoisotopic (exact) mass is 301 g/mol. The first-order valence-corrected chi connectivity index (χ1v) is 7.70. The van der Waals surface area contributed by atoms with E-state index < -0.39 is 0 Å². The molecule has 22 heavy (non-hydrogen) atoms. The van der Waals surface area contributed by atoms with Crippen molar-refractivity contribution in [2.24, 2.45) is 5.92 Å². The summed E-state index contributed by atoms with van der Waals surface area (Å²) in [6.45, 7) is 3.11. The van der Waals surface area contributed by atoms with Gasteiger partial charge in [-0.3, -0.25) is 10.00 Å². The minimum Gasteiger partial charge on any atom is -0.497 e. The zero-order chi connectivity index (χ0) is 15.1. The first-order valence-electron chi connectivity index (χ1n) is 7.70. The second-order valence-electron chi connectivity index (χ2n) is 6.07. The summed E-state index contributed by atoms with van der Waals surface area (Å²) < 4.78 is 10.9. The second-order valence-corrected chi connectivity index (χ2v) is 6.07. The van der Waals surface area contributed by atoms with Gasteiger partial charge >= 0.3 is 5.97 Å². The van der Waals surface area contributed by atoms with Crippen molar-refractivity contribution in [3.8, 4) is 5.75 Å². The lowest BCUT2D eigenvalue weighted by molar-refractivity contribution is -0.0458. The van der Waals surface area contributed by atoms with Crippen molar-refractivity contribution in [3.05, 3.63) is 23.9 Å². The molecule has 2 bridgehead atoms. The van der Waals surface area contributed by atoms with Crippen LogP contribution in [0.5, 0.6) is 5.75 Å². The van der Waals surface area contributed by atoms with E-state index in [1.54, 1.807) is 7.11 Å². The van der Waals surface area contributed by atoms with Crippen molar-refractivity contribution < 1.29 is 14.3 Å². The first kappa shape index (κ1) is 13.6. The van der Waals surface area contributed by atoms with Crippen LogP contribution in [-0.4, -0.2) is 53.9 Å². The molecule has 4 heterocycles. The molecule has 0 amide bonds. The summed E-state index contributed by atoms with van der Waals surface area (Å²) in [5.41, 5.74) is 1.13. The number of carbonyl (C=O) groups excluding carboxylic acids is 1. The average Bonchev–Trinajstić information content (AvgIpc) is 2.99. The number of H-pyrrole nitrogens is 1. The molecule has 1 N–H and O–H groups in total. The molecule has 1 aromatic heterocycles. The highest BCUT2D eigenvalue weighted by Crippen LogP contribution is 2.30. The number of hydrogen-bond acceptors (Lipinski definition) is 5. The van der Waals surface area contributed by atoms with Gasteiger partial charge in [-0.2, -0.15) is 5.10 Å². The van der Waals surface area contributed by atoms with E-state index in [2.05, 4.69) is 15.1 Å². The molecule has 0 saturated carbocycles. The molecule has 0 aliphatic carbocycles. The SMILES string of the molecule is COc1ccc2c(C(=O)O[C@@H]3CN4CCC3CC4)n[nH]c2c1. The summed E-state index contributed by atoms with van der Waals surface area (Å²) in [7, 11) is 1.61. The Morgan fingerprint density at radius 3 is 2.86 bits per heavy atom. The minimum absolute atomic E-state index is 0.00000152. The van der Waals surface area contributed by atoms with Gasteiger partial charge in [-0.1, -0.05) is 0 Å². The average molecular weight is 301 g/mol. The number of piperidine rings is 3. The lowest BCUT2D eigenvalue weighted by atomic mass is 9.86. The summed E-state index contributed by atoms with van der Waals surface area (Å²) in [5, 5.41) is 7.77. The highest BCUT2D eigenvalue weighted by Gasteiger charge is 2.37. The van der Waals surface area contributed by atoms with E-state index in [0.717, 1.165) is 49.1 Å². The third-order valence-electron chi connectivity index (χ3n) is 4.82. The lowest BCUT2D eigenvalue weighted by Gasteiger charge is -2.43. The molecule has 0 unspecified atom stereocenters. The van der Waals surface area contributed by atoms with E-state index in [-0.39, 0.29) is 12.1 Å². The van der Waals surface area contributed by atoms with Gasteiger partial charge in [0, 0.05) is 18.0 Å². The van der Waals surface area contributed by atoms with Gasteiger partial charge in [0.15, 0.2) is 5.69 Å². The molecule has 6 nitrogen and oxygen atoms in total. The predicted octanol–water partition coefficient (Wildman–Crippen LogP) is 1.82. The molecule has 5 rings (SSSR count). The third kappa shape index (κ3) is 2.23. The van der Waals surface area contributed by atoms with E-state index in [0.29, 0.717) is 11.6 Å². The number of aromatic amines is 1. The van der Waals surface area contributed by atoms with Crippen LogP contribution in [0.1, 0.15) is 23.3 Å². The van der Waals surface area contributed by atoms with Crippen LogP contribution in [0, 0.1) is 5.92 Å². The molecule has 3 aliphatic heterocycles. The van der Waals surface area contributed by atoms with Crippen molar-refractivity contribution in [2.45, 2.75) is 18.9 Å². The van der Waals surface area contributed by atoms with E-state index >= 15 is 0 Å². The van der Waals surface area contributed by atoms with Crippen molar-refractivity contribution in [1.29, 1.82) is 0 Å². The van der Waals surface area contributed by atoms with Crippen LogP contribution in [0.2, 0.25) is 0 Å². The van der Waals surface area contributed by atoms with Crippen molar-refractivity contribution >= 4 is 16.9 Å². The molecule has 6 heteroatoms. The molecular weight excluding hydrogens is 282 g/mol. The molecule has 1 atom stereocenters. The molecule has 2 aromatic rings. The van der Waals surface area contributed by atoms with Gasteiger partial charge in [-0.25, -0.2) is 4.79 Å². The number of methoxy groups -OCH3 is 1. The third-order valence-corrected chi connectivity index (χ3v) is 4.82.